The molecule has 1 N–H and O–H groups in total. The van der Waals surface area contributed by atoms with Crippen molar-refractivity contribution in [2.75, 3.05) is 18.4 Å². The van der Waals surface area contributed by atoms with Gasteiger partial charge in [-0.2, -0.15) is 9.29 Å². The van der Waals surface area contributed by atoms with E-state index in [2.05, 4.69) is 15.5 Å². The molecular formula is C22H23FN4O4S2. The smallest absolute Gasteiger partial charge is 0.252 e. The van der Waals surface area contributed by atoms with Crippen LogP contribution in [0.2, 0.25) is 0 Å². The first-order valence-corrected chi connectivity index (χ1v) is 13.2. The lowest BCUT2D eigenvalue weighted by molar-refractivity contribution is -0.120. The summed E-state index contributed by atoms with van der Waals surface area (Å²) in [7, 11) is -3.76. The van der Waals surface area contributed by atoms with Gasteiger partial charge in [-0.1, -0.05) is 11.6 Å². The van der Waals surface area contributed by atoms with Gasteiger partial charge >= 0.3 is 0 Å². The molecule has 0 unspecified atom stereocenters. The van der Waals surface area contributed by atoms with E-state index in [0.29, 0.717) is 48.3 Å². The highest BCUT2D eigenvalue weighted by molar-refractivity contribution is 7.91. The highest BCUT2D eigenvalue weighted by atomic mass is 32.2. The van der Waals surface area contributed by atoms with Crippen LogP contribution in [0.4, 0.5) is 10.1 Å². The van der Waals surface area contributed by atoms with E-state index in [9.17, 15) is 17.6 Å². The topological polar surface area (TPSA) is 105 Å². The summed E-state index contributed by atoms with van der Waals surface area (Å²) in [6, 6.07) is 7.05. The van der Waals surface area contributed by atoms with Crippen LogP contribution < -0.4 is 5.32 Å². The van der Waals surface area contributed by atoms with Crippen LogP contribution in [0, 0.1) is 11.7 Å². The second kappa shape index (κ2) is 8.96. The Morgan fingerprint density at radius 2 is 1.97 bits per heavy atom. The number of anilines is 1. The van der Waals surface area contributed by atoms with Crippen molar-refractivity contribution in [2.45, 2.75) is 42.2 Å². The molecule has 0 radical (unpaired) electrons. The molecule has 0 bridgehead atoms. The summed E-state index contributed by atoms with van der Waals surface area (Å²) < 4.78 is 46.5. The van der Waals surface area contributed by atoms with Crippen molar-refractivity contribution in [3.63, 3.8) is 0 Å². The molecule has 8 nitrogen and oxygen atoms in total. The number of thiophene rings is 1. The van der Waals surface area contributed by atoms with E-state index < -0.39 is 21.8 Å². The SMILES string of the molecule is O=C(Nc1ccc(F)cc1)[C@@H]1CCCN(S(=O)(=O)c2cc(-c3noc(C4CCC4)n3)cs2)C1. The fourth-order valence-corrected chi connectivity index (χ4v) is 6.86. The monoisotopic (exact) mass is 490 g/mol. The minimum absolute atomic E-state index is 0.0939. The van der Waals surface area contributed by atoms with Gasteiger partial charge in [0, 0.05) is 35.6 Å². The summed E-state index contributed by atoms with van der Waals surface area (Å²) in [4.78, 5) is 17.1. The predicted molar refractivity (Wildman–Crippen MR) is 121 cm³/mol. The van der Waals surface area contributed by atoms with Crippen LogP contribution in [-0.2, 0) is 14.8 Å². The zero-order chi connectivity index (χ0) is 23.0. The van der Waals surface area contributed by atoms with E-state index in [4.69, 9.17) is 4.52 Å². The molecule has 33 heavy (non-hydrogen) atoms. The molecule has 1 aliphatic heterocycles. The molecule has 1 aliphatic carbocycles. The van der Waals surface area contributed by atoms with Crippen molar-refractivity contribution in [1.29, 1.82) is 0 Å². The quantitative estimate of drug-likeness (QED) is 0.554. The predicted octanol–water partition coefficient (Wildman–Crippen LogP) is 4.24. The summed E-state index contributed by atoms with van der Waals surface area (Å²) in [5.41, 5.74) is 1.08. The Hall–Kier alpha value is -2.63. The molecule has 1 amide bonds. The third-order valence-electron chi connectivity index (χ3n) is 6.19. The number of carbonyl (C=O) groups excluding carboxylic acids is 1. The van der Waals surface area contributed by atoms with Crippen LogP contribution in [0.3, 0.4) is 0 Å². The van der Waals surface area contributed by atoms with Crippen molar-refractivity contribution in [1.82, 2.24) is 14.4 Å². The first-order chi connectivity index (χ1) is 15.9. The fourth-order valence-electron chi connectivity index (χ4n) is 4.02. The van der Waals surface area contributed by atoms with Crippen LogP contribution in [0.1, 0.15) is 43.9 Å². The van der Waals surface area contributed by atoms with Crippen LogP contribution in [0.25, 0.3) is 11.4 Å². The molecule has 11 heteroatoms. The Morgan fingerprint density at radius 3 is 2.70 bits per heavy atom. The van der Waals surface area contributed by atoms with Gasteiger partial charge in [0.05, 0.1) is 5.92 Å². The molecule has 2 fully saturated rings. The molecular weight excluding hydrogens is 467 g/mol. The number of rotatable bonds is 6. The maximum absolute atomic E-state index is 13.3. The molecule has 174 valence electrons. The highest BCUT2D eigenvalue weighted by Crippen LogP contribution is 2.37. The lowest BCUT2D eigenvalue weighted by Gasteiger charge is -2.30. The van der Waals surface area contributed by atoms with Crippen molar-refractivity contribution in [3.05, 3.63) is 47.4 Å². The molecule has 1 saturated carbocycles. The third-order valence-corrected chi connectivity index (χ3v) is 9.47. The Kier molecular flexibility index (Phi) is 6.02. The maximum atomic E-state index is 13.3. The minimum atomic E-state index is -3.76. The van der Waals surface area contributed by atoms with Crippen LogP contribution >= 0.6 is 11.3 Å². The highest BCUT2D eigenvalue weighted by Gasteiger charge is 2.34. The second-order valence-corrected chi connectivity index (χ2v) is 11.5. The average Bonchev–Trinajstić information content (AvgIpc) is 3.44. The Labute approximate surface area is 194 Å². The van der Waals surface area contributed by atoms with Gasteiger partial charge in [0.25, 0.3) is 10.0 Å². The number of carbonyl (C=O) groups is 1. The van der Waals surface area contributed by atoms with Gasteiger partial charge in [0.15, 0.2) is 0 Å². The molecule has 1 saturated heterocycles. The van der Waals surface area contributed by atoms with E-state index in [1.807, 2.05) is 0 Å². The molecule has 1 atom stereocenters. The second-order valence-electron chi connectivity index (χ2n) is 8.44. The molecule has 2 aliphatic rings. The van der Waals surface area contributed by atoms with Gasteiger partial charge in [0.2, 0.25) is 17.6 Å². The number of nitrogens with one attached hydrogen (secondary N) is 1. The van der Waals surface area contributed by atoms with Crippen LogP contribution in [0.5, 0.6) is 0 Å². The third kappa shape index (κ3) is 4.57. The molecule has 2 aromatic heterocycles. The van der Waals surface area contributed by atoms with Gasteiger partial charge in [-0.3, -0.25) is 4.79 Å². The van der Waals surface area contributed by atoms with Crippen LogP contribution in [-0.4, -0.2) is 41.9 Å². The summed E-state index contributed by atoms with van der Waals surface area (Å²) in [5, 5.41) is 8.47. The molecule has 3 heterocycles. The van der Waals surface area contributed by atoms with Gasteiger partial charge < -0.3 is 9.84 Å². The number of piperidine rings is 1. The first kappa shape index (κ1) is 22.2. The first-order valence-electron chi connectivity index (χ1n) is 10.9. The molecule has 0 spiro atoms. The number of halogens is 1. The number of hydrogen-bond acceptors (Lipinski definition) is 7. The lowest BCUT2D eigenvalue weighted by atomic mass is 9.85. The maximum Gasteiger partial charge on any atom is 0.252 e. The van der Waals surface area contributed by atoms with Gasteiger partial charge in [-0.15, -0.1) is 11.3 Å². The number of sulfonamides is 1. The molecule has 3 aromatic rings. The van der Waals surface area contributed by atoms with Crippen molar-refractivity contribution < 1.29 is 22.1 Å². The van der Waals surface area contributed by atoms with Gasteiger partial charge in [-0.25, -0.2) is 12.8 Å². The number of benzene rings is 1. The summed E-state index contributed by atoms with van der Waals surface area (Å²) in [6.45, 7) is 0.445. The summed E-state index contributed by atoms with van der Waals surface area (Å²) in [6.07, 6.45) is 4.39. The lowest BCUT2D eigenvalue weighted by Crippen LogP contribution is -2.43. The van der Waals surface area contributed by atoms with E-state index in [1.165, 1.54) is 28.6 Å². The average molecular weight is 491 g/mol. The normalized spacial score (nSPS) is 19.8. The number of nitrogens with zero attached hydrogens (tertiary/aromatic N) is 3. The summed E-state index contributed by atoms with van der Waals surface area (Å²) >= 11 is 1.11. The zero-order valence-electron chi connectivity index (χ0n) is 17.7. The zero-order valence-corrected chi connectivity index (χ0v) is 19.4. The van der Waals surface area contributed by atoms with Crippen molar-refractivity contribution >= 4 is 33.0 Å². The Balaban J connectivity index is 1.27. The Morgan fingerprint density at radius 1 is 1.18 bits per heavy atom. The molecule has 1 aromatic carbocycles. The number of hydrogen-bond donors (Lipinski definition) is 1. The number of aromatic nitrogens is 2. The van der Waals surface area contributed by atoms with E-state index in [0.717, 1.165) is 30.6 Å². The van der Waals surface area contributed by atoms with E-state index in [-0.39, 0.29) is 16.7 Å². The standard InChI is InChI=1S/C22H23FN4O4S2/c23-17-6-8-18(9-7-17)24-21(28)15-5-2-10-27(12-15)33(29,30)19-11-16(13-32-19)20-25-22(31-26-20)14-3-1-4-14/h6-9,11,13-15H,1-5,10,12H2,(H,24,28)/t15-/m1/s1. The van der Waals surface area contributed by atoms with Crippen LogP contribution in [0.15, 0.2) is 44.4 Å². The number of amides is 1. The van der Waals surface area contributed by atoms with E-state index in [1.54, 1.807) is 11.4 Å². The van der Waals surface area contributed by atoms with Crippen molar-refractivity contribution in [2.24, 2.45) is 5.92 Å². The fraction of sp³-hybridized carbons (Fsp3) is 0.409. The largest absolute Gasteiger partial charge is 0.339 e. The minimum Gasteiger partial charge on any atom is -0.339 e. The summed E-state index contributed by atoms with van der Waals surface area (Å²) in [5.74, 6) is 0.157. The van der Waals surface area contributed by atoms with Gasteiger partial charge in [0.1, 0.15) is 10.0 Å². The molecule has 5 rings (SSSR count). The van der Waals surface area contributed by atoms with Gasteiger partial charge in [-0.05, 0) is 56.0 Å². The van der Waals surface area contributed by atoms with E-state index >= 15 is 0 Å². The Bertz CT molecular complexity index is 1250. The van der Waals surface area contributed by atoms with Crippen molar-refractivity contribution in [3.8, 4) is 11.4 Å².